The molecule has 0 spiro atoms. The van der Waals surface area contributed by atoms with Gasteiger partial charge in [0.15, 0.2) is 0 Å². The van der Waals surface area contributed by atoms with Crippen LogP contribution in [0.15, 0.2) is 24.5 Å². The van der Waals surface area contributed by atoms with E-state index in [0.29, 0.717) is 17.8 Å². The number of benzene rings is 1. The molecule has 0 radical (unpaired) electrons. The minimum Gasteiger partial charge on any atom is -0.478 e. The number of aliphatic hydroxyl groups excluding tert-OH is 1. The monoisotopic (exact) mass is 287 g/mol. The quantitative estimate of drug-likeness (QED) is 0.798. The number of nitrogens with zero attached hydrogens (tertiary/aromatic N) is 2. The molecule has 0 bridgehead atoms. The van der Waals surface area contributed by atoms with E-state index in [1.165, 1.54) is 12.4 Å². The molecule has 1 aromatic carbocycles. The molecule has 1 aliphatic carbocycles. The van der Waals surface area contributed by atoms with Gasteiger partial charge in [-0.25, -0.2) is 14.8 Å². The SMILES string of the molecule is CC1(C)C(O)CC1Nc1ncnc2cc(C(=O)O)ccc12. The Hall–Kier alpha value is -2.21. The molecular weight excluding hydrogens is 270 g/mol. The van der Waals surface area contributed by atoms with Crippen molar-refractivity contribution in [2.45, 2.75) is 32.4 Å². The molecule has 3 rings (SSSR count). The van der Waals surface area contributed by atoms with Crippen LogP contribution in [-0.2, 0) is 0 Å². The van der Waals surface area contributed by atoms with Gasteiger partial charge >= 0.3 is 5.97 Å². The third-order valence-corrected chi connectivity index (χ3v) is 4.41. The lowest BCUT2D eigenvalue weighted by Gasteiger charge is -2.49. The molecule has 0 amide bonds. The van der Waals surface area contributed by atoms with Crippen molar-refractivity contribution in [3.8, 4) is 0 Å². The highest BCUT2D eigenvalue weighted by molar-refractivity contribution is 5.96. The van der Waals surface area contributed by atoms with Crippen LogP contribution in [0.4, 0.5) is 5.82 Å². The van der Waals surface area contributed by atoms with Crippen molar-refractivity contribution < 1.29 is 15.0 Å². The van der Waals surface area contributed by atoms with E-state index in [1.807, 2.05) is 13.8 Å². The topological polar surface area (TPSA) is 95.3 Å². The van der Waals surface area contributed by atoms with Crippen molar-refractivity contribution in [2.24, 2.45) is 5.41 Å². The maximum atomic E-state index is 11.0. The van der Waals surface area contributed by atoms with Gasteiger partial charge in [0.1, 0.15) is 12.1 Å². The molecule has 3 N–H and O–H groups in total. The third kappa shape index (κ3) is 2.21. The zero-order valence-corrected chi connectivity index (χ0v) is 11.9. The number of aromatic carboxylic acids is 1. The summed E-state index contributed by atoms with van der Waals surface area (Å²) in [7, 11) is 0. The second-order valence-electron chi connectivity index (χ2n) is 6.03. The smallest absolute Gasteiger partial charge is 0.335 e. The number of nitrogens with one attached hydrogen (secondary N) is 1. The van der Waals surface area contributed by atoms with E-state index >= 15 is 0 Å². The average Bonchev–Trinajstić information content (AvgIpc) is 2.46. The molecule has 1 aliphatic rings. The highest BCUT2D eigenvalue weighted by Crippen LogP contribution is 2.42. The van der Waals surface area contributed by atoms with E-state index in [-0.39, 0.29) is 23.1 Å². The molecule has 2 atom stereocenters. The van der Waals surface area contributed by atoms with Crippen LogP contribution in [0.3, 0.4) is 0 Å². The number of aliphatic hydroxyl groups is 1. The summed E-state index contributed by atoms with van der Waals surface area (Å²) in [6.45, 7) is 4.01. The van der Waals surface area contributed by atoms with Gasteiger partial charge in [-0.3, -0.25) is 0 Å². The number of hydrogen-bond donors (Lipinski definition) is 3. The zero-order chi connectivity index (χ0) is 15.2. The molecule has 0 aliphatic heterocycles. The van der Waals surface area contributed by atoms with Crippen molar-refractivity contribution >= 4 is 22.7 Å². The first-order chi connectivity index (χ1) is 9.89. The van der Waals surface area contributed by atoms with Gasteiger partial charge in [0.25, 0.3) is 0 Å². The van der Waals surface area contributed by atoms with Crippen LogP contribution in [0.1, 0.15) is 30.6 Å². The Balaban J connectivity index is 1.95. The molecule has 110 valence electrons. The summed E-state index contributed by atoms with van der Waals surface area (Å²) in [6.07, 6.45) is 1.77. The fourth-order valence-corrected chi connectivity index (χ4v) is 2.62. The maximum Gasteiger partial charge on any atom is 0.335 e. The van der Waals surface area contributed by atoms with Gasteiger partial charge in [-0.2, -0.15) is 0 Å². The highest BCUT2D eigenvalue weighted by Gasteiger charge is 2.47. The van der Waals surface area contributed by atoms with Gasteiger partial charge < -0.3 is 15.5 Å². The summed E-state index contributed by atoms with van der Waals surface area (Å²) < 4.78 is 0. The van der Waals surface area contributed by atoms with E-state index < -0.39 is 5.97 Å². The molecule has 1 heterocycles. The van der Waals surface area contributed by atoms with E-state index in [0.717, 1.165) is 5.39 Å². The van der Waals surface area contributed by atoms with Gasteiger partial charge in [-0.15, -0.1) is 0 Å². The van der Waals surface area contributed by atoms with E-state index in [4.69, 9.17) is 5.11 Å². The molecule has 1 saturated carbocycles. The Morgan fingerprint density at radius 2 is 2.14 bits per heavy atom. The standard InChI is InChI=1S/C15H17N3O3/c1-15(2)11(6-12(15)19)18-13-9-4-3-8(14(20)21)5-10(9)16-7-17-13/h3-5,7,11-12,19H,6H2,1-2H3,(H,20,21)(H,16,17,18). The molecule has 2 aromatic rings. The molecule has 6 nitrogen and oxygen atoms in total. The number of anilines is 1. The van der Waals surface area contributed by atoms with Crippen LogP contribution in [0.2, 0.25) is 0 Å². The molecule has 21 heavy (non-hydrogen) atoms. The van der Waals surface area contributed by atoms with E-state index in [2.05, 4.69) is 15.3 Å². The number of carboxylic acid groups (broad SMARTS) is 1. The van der Waals surface area contributed by atoms with Crippen molar-refractivity contribution in [2.75, 3.05) is 5.32 Å². The number of aromatic nitrogens is 2. The Kier molecular flexibility index (Phi) is 3.06. The van der Waals surface area contributed by atoms with Crippen LogP contribution in [-0.4, -0.2) is 38.3 Å². The number of fused-ring (bicyclic) bond motifs is 1. The lowest BCUT2D eigenvalue weighted by Crippen LogP contribution is -2.57. The lowest BCUT2D eigenvalue weighted by atomic mass is 9.64. The number of rotatable bonds is 3. The predicted molar refractivity (Wildman–Crippen MR) is 78.3 cm³/mol. The van der Waals surface area contributed by atoms with Gasteiger partial charge in [0.05, 0.1) is 17.2 Å². The second-order valence-corrected chi connectivity index (χ2v) is 6.03. The first kappa shape index (κ1) is 13.8. The Bertz CT molecular complexity index is 714. The first-order valence-corrected chi connectivity index (χ1v) is 6.82. The van der Waals surface area contributed by atoms with Gasteiger partial charge in [-0.05, 0) is 24.6 Å². The summed E-state index contributed by atoms with van der Waals surface area (Å²) in [4.78, 5) is 19.4. The van der Waals surface area contributed by atoms with Gasteiger partial charge in [0.2, 0.25) is 0 Å². The van der Waals surface area contributed by atoms with Crippen molar-refractivity contribution in [1.82, 2.24) is 9.97 Å². The predicted octanol–water partition coefficient (Wildman–Crippen LogP) is 1.90. The average molecular weight is 287 g/mol. The second kappa shape index (κ2) is 4.66. The largest absolute Gasteiger partial charge is 0.478 e. The number of carboxylic acids is 1. The van der Waals surface area contributed by atoms with E-state index in [1.54, 1.807) is 12.1 Å². The molecule has 6 heteroatoms. The van der Waals surface area contributed by atoms with Crippen LogP contribution in [0.25, 0.3) is 10.9 Å². The summed E-state index contributed by atoms with van der Waals surface area (Å²) in [5.41, 5.74) is 0.578. The van der Waals surface area contributed by atoms with Crippen molar-refractivity contribution in [3.05, 3.63) is 30.1 Å². The van der Waals surface area contributed by atoms with Crippen LogP contribution in [0, 0.1) is 5.41 Å². The summed E-state index contributed by atoms with van der Waals surface area (Å²) >= 11 is 0. The van der Waals surface area contributed by atoms with Crippen LogP contribution >= 0.6 is 0 Å². The number of hydrogen-bond acceptors (Lipinski definition) is 5. The number of carbonyl (C=O) groups is 1. The molecule has 1 aromatic heterocycles. The summed E-state index contributed by atoms with van der Waals surface area (Å²) in [5, 5.41) is 22.9. The molecule has 2 unspecified atom stereocenters. The van der Waals surface area contributed by atoms with Gasteiger partial charge in [0, 0.05) is 16.8 Å². The summed E-state index contributed by atoms with van der Waals surface area (Å²) in [6, 6.07) is 4.92. The molecule has 1 fully saturated rings. The first-order valence-electron chi connectivity index (χ1n) is 6.82. The summed E-state index contributed by atoms with van der Waals surface area (Å²) in [5.74, 6) is -0.310. The van der Waals surface area contributed by atoms with Crippen LogP contribution in [0.5, 0.6) is 0 Å². The minimum atomic E-state index is -0.978. The fraction of sp³-hybridized carbons (Fsp3) is 0.400. The molecular formula is C15H17N3O3. The third-order valence-electron chi connectivity index (χ3n) is 4.41. The van der Waals surface area contributed by atoms with Crippen LogP contribution < -0.4 is 5.32 Å². The van der Waals surface area contributed by atoms with Crippen molar-refractivity contribution in [3.63, 3.8) is 0 Å². The van der Waals surface area contributed by atoms with Gasteiger partial charge in [-0.1, -0.05) is 13.8 Å². The normalized spacial score (nSPS) is 23.6. The zero-order valence-electron chi connectivity index (χ0n) is 11.9. The van der Waals surface area contributed by atoms with E-state index in [9.17, 15) is 9.90 Å². The Morgan fingerprint density at radius 1 is 1.38 bits per heavy atom. The Morgan fingerprint density at radius 3 is 2.76 bits per heavy atom. The highest BCUT2D eigenvalue weighted by atomic mass is 16.4. The lowest BCUT2D eigenvalue weighted by molar-refractivity contribution is -0.0511. The fourth-order valence-electron chi connectivity index (χ4n) is 2.62. The molecule has 0 saturated heterocycles. The Labute approximate surface area is 121 Å². The maximum absolute atomic E-state index is 11.0. The minimum absolute atomic E-state index is 0.129. The van der Waals surface area contributed by atoms with Crippen molar-refractivity contribution in [1.29, 1.82) is 0 Å².